The van der Waals surface area contributed by atoms with E-state index in [1.165, 1.54) is 36.4 Å². The van der Waals surface area contributed by atoms with Crippen LogP contribution < -0.4 is 15.8 Å². The summed E-state index contributed by atoms with van der Waals surface area (Å²) >= 11 is 0. The summed E-state index contributed by atoms with van der Waals surface area (Å²) in [7, 11) is 3.99. The second-order valence-corrected chi connectivity index (χ2v) is 9.61. The molecular formula is C34H27BF3N. The maximum absolute atomic E-state index is 14.2. The molecule has 0 unspecified atom stereocenters. The van der Waals surface area contributed by atoms with E-state index < -0.39 is 6.71 Å². The Hall–Kier alpha value is -4.51. The Bertz CT molecular complexity index is 1530. The van der Waals surface area contributed by atoms with Crippen molar-refractivity contribution in [3.8, 4) is 0 Å². The van der Waals surface area contributed by atoms with Crippen molar-refractivity contribution >= 4 is 34.4 Å². The highest BCUT2D eigenvalue weighted by molar-refractivity contribution is 7.00. The van der Waals surface area contributed by atoms with E-state index in [9.17, 15) is 13.2 Å². The normalized spacial score (nSPS) is 11.6. The molecule has 5 aromatic rings. The van der Waals surface area contributed by atoms with Gasteiger partial charge in [0, 0.05) is 25.3 Å². The molecular weight excluding hydrogens is 490 g/mol. The minimum absolute atomic E-state index is 0.340. The molecule has 0 aliphatic rings. The molecule has 0 saturated carbocycles. The average molecular weight is 517 g/mol. The number of halogens is 3. The second kappa shape index (κ2) is 11.5. The third kappa shape index (κ3) is 5.68. The summed E-state index contributed by atoms with van der Waals surface area (Å²) < 4.78 is 42.4. The lowest BCUT2D eigenvalue weighted by Gasteiger charge is -2.27. The number of para-hydroxylation sites is 1. The number of hydrogen-bond donors (Lipinski definition) is 0. The summed E-state index contributed by atoms with van der Waals surface area (Å²) in [5.74, 6) is -1.02. The van der Waals surface area contributed by atoms with Crippen LogP contribution in [0.3, 0.4) is 0 Å². The number of anilines is 1. The third-order valence-corrected chi connectivity index (χ3v) is 6.84. The topological polar surface area (TPSA) is 3.24 Å². The zero-order chi connectivity index (χ0) is 27.4. The number of nitrogens with zero attached hydrogens (tertiary/aromatic N) is 1. The first kappa shape index (κ1) is 26.1. The van der Waals surface area contributed by atoms with Gasteiger partial charge >= 0.3 is 0 Å². The van der Waals surface area contributed by atoms with Gasteiger partial charge in [-0.15, -0.1) is 0 Å². The quantitative estimate of drug-likeness (QED) is 0.166. The Morgan fingerprint density at radius 2 is 0.974 bits per heavy atom. The molecule has 0 aliphatic heterocycles. The zero-order valence-electron chi connectivity index (χ0n) is 21.8. The van der Waals surface area contributed by atoms with E-state index in [0.29, 0.717) is 0 Å². The molecule has 0 atom stereocenters. The van der Waals surface area contributed by atoms with Crippen LogP contribution in [0.1, 0.15) is 16.7 Å². The fourth-order valence-electron chi connectivity index (χ4n) is 5.06. The summed E-state index contributed by atoms with van der Waals surface area (Å²) in [5.41, 5.74) is 7.29. The lowest BCUT2D eigenvalue weighted by Crippen LogP contribution is -2.44. The van der Waals surface area contributed by atoms with Gasteiger partial charge < -0.3 is 4.90 Å². The molecule has 5 rings (SSSR count). The molecule has 0 radical (unpaired) electrons. The SMILES string of the molecule is CN(C)c1ccccc1/C(=C(\B(c1ccc(F)cc1)c1ccc(F)cc1)c1ccc(F)cc1)c1ccccc1. The van der Waals surface area contributed by atoms with E-state index in [2.05, 4.69) is 29.2 Å². The van der Waals surface area contributed by atoms with Crippen LogP contribution in [0.5, 0.6) is 0 Å². The highest BCUT2D eigenvalue weighted by atomic mass is 19.1. The minimum atomic E-state index is -0.415. The zero-order valence-corrected chi connectivity index (χ0v) is 21.8. The van der Waals surface area contributed by atoms with Crippen molar-refractivity contribution in [2.45, 2.75) is 0 Å². The maximum atomic E-state index is 14.2. The molecule has 0 heterocycles. The predicted octanol–water partition coefficient (Wildman–Crippen LogP) is 6.98. The summed E-state index contributed by atoms with van der Waals surface area (Å²) in [6.45, 7) is -0.415. The Kier molecular flexibility index (Phi) is 7.69. The van der Waals surface area contributed by atoms with Crippen LogP contribution >= 0.6 is 0 Å². The Labute approximate surface area is 228 Å². The third-order valence-electron chi connectivity index (χ3n) is 6.84. The van der Waals surface area contributed by atoms with Crippen LogP contribution in [0.15, 0.2) is 127 Å². The van der Waals surface area contributed by atoms with E-state index in [-0.39, 0.29) is 17.5 Å². The second-order valence-electron chi connectivity index (χ2n) is 9.61. The average Bonchev–Trinajstić information content (AvgIpc) is 2.96. The van der Waals surface area contributed by atoms with Crippen molar-refractivity contribution in [3.05, 3.63) is 162 Å². The summed E-state index contributed by atoms with van der Waals surface area (Å²) in [5, 5.41) is 0. The van der Waals surface area contributed by atoms with Gasteiger partial charge in [0.1, 0.15) is 17.5 Å². The van der Waals surface area contributed by atoms with Crippen molar-refractivity contribution in [2.24, 2.45) is 0 Å². The standard InChI is InChI=1S/C34H27BF3N/c1-39(2)32-11-7-6-10-31(32)33(24-8-4-3-5-9-24)34(25-12-18-28(36)19-13-25)35(26-14-20-29(37)21-15-26)27-16-22-30(38)23-17-27/h3-23H,1-2H3/b34-33-. The summed E-state index contributed by atoms with van der Waals surface area (Å²) in [4.78, 5) is 2.06. The fourth-order valence-corrected chi connectivity index (χ4v) is 5.06. The Morgan fingerprint density at radius 3 is 1.49 bits per heavy atom. The van der Waals surface area contributed by atoms with Gasteiger partial charge in [0.25, 0.3) is 0 Å². The van der Waals surface area contributed by atoms with Crippen LogP contribution in [0, 0.1) is 17.5 Å². The molecule has 0 saturated heterocycles. The lowest BCUT2D eigenvalue weighted by molar-refractivity contribution is 0.627. The Balaban J connectivity index is 1.96. The lowest BCUT2D eigenvalue weighted by atomic mass is 9.34. The highest BCUT2D eigenvalue weighted by Crippen LogP contribution is 2.38. The van der Waals surface area contributed by atoms with Crippen molar-refractivity contribution < 1.29 is 13.2 Å². The Morgan fingerprint density at radius 1 is 0.513 bits per heavy atom. The molecule has 39 heavy (non-hydrogen) atoms. The molecule has 0 spiro atoms. The van der Waals surface area contributed by atoms with Gasteiger partial charge in [-0.05, 0) is 59.2 Å². The maximum Gasteiger partial charge on any atom is 0.242 e. The van der Waals surface area contributed by atoms with Gasteiger partial charge in [-0.2, -0.15) is 0 Å². The van der Waals surface area contributed by atoms with Crippen LogP contribution in [0.2, 0.25) is 0 Å². The first-order chi connectivity index (χ1) is 18.9. The molecule has 0 bridgehead atoms. The van der Waals surface area contributed by atoms with Crippen LogP contribution in [-0.4, -0.2) is 20.8 Å². The van der Waals surface area contributed by atoms with Gasteiger partial charge in [0.2, 0.25) is 6.71 Å². The van der Waals surface area contributed by atoms with Gasteiger partial charge in [-0.25, -0.2) is 13.2 Å². The fraction of sp³-hybridized carbons (Fsp3) is 0.0588. The monoisotopic (exact) mass is 517 g/mol. The van der Waals surface area contributed by atoms with E-state index in [4.69, 9.17) is 0 Å². The van der Waals surface area contributed by atoms with Gasteiger partial charge in [-0.1, -0.05) is 101 Å². The molecule has 1 nitrogen and oxygen atoms in total. The highest BCUT2D eigenvalue weighted by Gasteiger charge is 2.30. The molecule has 0 amide bonds. The van der Waals surface area contributed by atoms with Crippen molar-refractivity contribution in [3.63, 3.8) is 0 Å². The number of rotatable bonds is 7. The van der Waals surface area contributed by atoms with Crippen molar-refractivity contribution in [1.29, 1.82) is 0 Å². The van der Waals surface area contributed by atoms with E-state index in [1.807, 2.05) is 44.4 Å². The number of hydrogen-bond acceptors (Lipinski definition) is 1. The molecule has 0 fully saturated rings. The van der Waals surface area contributed by atoms with E-state index in [0.717, 1.165) is 44.3 Å². The molecule has 5 heteroatoms. The largest absolute Gasteiger partial charge is 0.377 e. The molecule has 0 N–H and O–H groups in total. The van der Waals surface area contributed by atoms with Crippen LogP contribution in [0.4, 0.5) is 18.9 Å². The molecule has 192 valence electrons. The van der Waals surface area contributed by atoms with Gasteiger partial charge in [-0.3, -0.25) is 0 Å². The summed E-state index contributed by atoms with van der Waals surface area (Å²) in [6, 6.07) is 37.4. The van der Waals surface area contributed by atoms with E-state index >= 15 is 0 Å². The van der Waals surface area contributed by atoms with Crippen LogP contribution in [-0.2, 0) is 0 Å². The first-order valence-electron chi connectivity index (χ1n) is 12.8. The van der Waals surface area contributed by atoms with Crippen molar-refractivity contribution in [1.82, 2.24) is 0 Å². The minimum Gasteiger partial charge on any atom is -0.377 e. The van der Waals surface area contributed by atoms with Gasteiger partial charge in [0.15, 0.2) is 0 Å². The predicted molar refractivity (Wildman–Crippen MR) is 157 cm³/mol. The molecule has 0 aliphatic carbocycles. The molecule has 5 aromatic carbocycles. The summed E-state index contributed by atoms with van der Waals surface area (Å²) in [6.07, 6.45) is 0. The first-order valence-corrected chi connectivity index (χ1v) is 12.8. The van der Waals surface area contributed by atoms with Gasteiger partial charge in [0.05, 0.1) is 0 Å². The molecule has 0 aromatic heterocycles. The van der Waals surface area contributed by atoms with E-state index in [1.54, 1.807) is 36.4 Å². The number of benzene rings is 5. The van der Waals surface area contributed by atoms with Crippen molar-refractivity contribution in [2.75, 3.05) is 19.0 Å². The van der Waals surface area contributed by atoms with Crippen LogP contribution in [0.25, 0.3) is 11.0 Å². The smallest absolute Gasteiger partial charge is 0.242 e.